The molecule has 0 fully saturated rings. The molecular weight excluding hydrogens is 468 g/mol. The normalized spacial score (nSPS) is 10.9. The van der Waals surface area contributed by atoms with E-state index in [9.17, 15) is 9.59 Å². The average Bonchev–Trinajstić information content (AvgIpc) is 2.90. The number of esters is 2. The molecule has 0 saturated carbocycles. The van der Waals surface area contributed by atoms with Crippen molar-refractivity contribution in [3.05, 3.63) is 35.9 Å². The highest BCUT2D eigenvalue weighted by Crippen LogP contribution is 2.05. The Kier molecular flexibility index (Phi) is 21.9. The van der Waals surface area contributed by atoms with Crippen LogP contribution in [-0.2, 0) is 38.0 Å². The van der Waals surface area contributed by atoms with Crippen LogP contribution in [0.2, 0.25) is 0 Å². The van der Waals surface area contributed by atoms with Gasteiger partial charge < -0.3 is 33.2 Å². The Morgan fingerprint density at radius 3 is 1.50 bits per heavy atom. The van der Waals surface area contributed by atoms with Crippen LogP contribution in [0.3, 0.4) is 0 Å². The third-order valence-electron chi connectivity index (χ3n) is 4.93. The molecule has 0 aliphatic heterocycles. The van der Waals surface area contributed by atoms with Gasteiger partial charge in [-0.3, -0.25) is 4.79 Å². The number of benzene rings is 1. The molecule has 0 amide bonds. The van der Waals surface area contributed by atoms with Crippen LogP contribution in [0.1, 0.15) is 55.8 Å². The first kappa shape index (κ1) is 32.0. The first-order valence-electron chi connectivity index (χ1n) is 13.0. The Labute approximate surface area is 215 Å². The summed E-state index contributed by atoms with van der Waals surface area (Å²) in [6.45, 7) is 7.01. The van der Waals surface area contributed by atoms with Crippen molar-refractivity contribution in [3.63, 3.8) is 0 Å². The van der Waals surface area contributed by atoms with Gasteiger partial charge in [-0.2, -0.15) is 0 Å². The Morgan fingerprint density at radius 1 is 0.556 bits per heavy atom. The molecule has 0 bridgehead atoms. The molecular formula is C27H44O9. The van der Waals surface area contributed by atoms with Crippen molar-refractivity contribution in [2.75, 3.05) is 79.3 Å². The van der Waals surface area contributed by atoms with Crippen LogP contribution in [0.25, 0.3) is 0 Å². The molecule has 0 aliphatic rings. The maximum absolute atomic E-state index is 11.7. The third-order valence-corrected chi connectivity index (χ3v) is 4.93. The Balaban J connectivity index is 1.71. The molecule has 0 saturated heterocycles. The van der Waals surface area contributed by atoms with Crippen LogP contribution in [0.15, 0.2) is 30.3 Å². The highest BCUT2D eigenvalue weighted by atomic mass is 16.6. The molecule has 1 rings (SSSR count). The summed E-state index contributed by atoms with van der Waals surface area (Å²) in [7, 11) is 0. The van der Waals surface area contributed by atoms with Gasteiger partial charge in [-0.1, -0.05) is 50.8 Å². The van der Waals surface area contributed by atoms with E-state index in [1.54, 1.807) is 24.3 Å². The van der Waals surface area contributed by atoms with E-state index in [0.29, 0.717) is 78.1 Å². The topological polar surface area (TPSA) is 98.8 Å². The first-order chi connectivity index (χ1) is 17.7. The molecule has 0 unspecified atom stereocenters. The van der Waals surface area contributed by atoms with Crippen LogP contribution in [0.4, 0.5) is 0 Å². The highest BCUT2D eigenvalue weighted by molar-refractivity contribution is 5.89. The maximum Gasteiger partial charge on any atom is 0.338 e. The van der Waals surface area contributed by atoms with Gasteiger partial charge in [0.25, 0.3) is 0 Å². The maximum atomic E-state index is 11.7. The predicted molar refractivity (Wildman–Crippen MR) is 135 cm³/mol. The van der Waals surface area contributed by atoms with Gasteiger partial charge in [-0.25, -0.2) is 4.79 Å². The molecule has 0 N–H and O–H groups in total. The summed E-state index contributed by atoms with van der Waals surface area (Å²) in [5.41, 5.74) is 0.526. The van der Waals surface area contributed by atoms with E-state index in [-0.39, 0.29) is 25.2 Å². The number of ether oxygens (including phenoxy) is 7. The molecule has 0 aromatic heterocycles. The number of unbranched alkanes of at least 4 members (excludes halogenated alkanes) is 4. The summed E-state index contributed by atoms with van der Waals surface area (Å²) in [6.07, 6.45) is 6.07. The molecule has 0 spiro atoms. The van der Waals surface area contributed by atoms with E-state index in [1.165, 1.54) is 19.3 Å². The van der Waals surface area contributed by atoms with Gasteiger partial charge in [0.05, 0.1) is 71.6 Å². The molecule has 9 nitrogen and oxygen atoms in total. The van der Waals surface area contributed by atoms with Crippen LogP contribution in [-0.4, -0.2) is 91.2 Å². The van der Waals surface area contributed by atoms with E-state index in [1.807, 2.05) is 6.07 Å². The van der Waals surface area contributed by atoms with Crippen molar-refractivity contribution < 1.29 is 42.7 Å². The minimum absolute atomic E-state index is 0.151. The summed E-state index contributed by atoms with van der Waals surface area (Å²) >= 11 is 0. The lowest BCUT2D eigenvalue weighted by Gasteiger charge is -2.08. The Morgan fingerprint density at radius 2 is 1.00 bits per heavy atom. The van der Waals surface area contributed by atoms with E-state index < -0.39 is 0 Å². The van der Waals surface area contributed by atoms with Crippen molar-refractivity contribution >= 4 is 11.9 Å². The number of rotatable bonds is 25. The molecule has 1 aromatic carbocycles. The first-order valence-corrected chi connectivity index (χ1v) is 13.0. The summed E-state index contributed by atoms with van der Waals surface area (Å²) < 4.78 is 37.3. The van der Waals surface area contributed by atoms with Gasteiger partial charge in [0.1, 0.15) is 13.2 Å². The van der Waals surface area contributed by atoms with E-state index in [2.05, 4.69) is 6.92 Å². The van der Waals surface area contributed by atoms with E-state index in [4.69, 9.17) is 33.2 Å². The Hall–Kier alpha value is -2.04. The average molecular weight is 513 g/mol. The number of hydrogen-bond acceptors (Lipinski definition) is 9. The fourth-order valence-corrected chi connectivity index (χ4v) is 2.99. The van der Waals surface area contributed by atoms with Crippen LogP contribution >= 0.6 is 0 Å². The minimum atomic E-state index is -0.356. The largest absolute Gasteiger partial charge is 0.463 e. The van der Waals surface area contributed by atoms with Gasteiger partial charge >= 0.3 is 11.9 Å². The second-order valence-corrected chi connectivity index (χ2v) is 7.95. The zero-order valence-electron chi connectivity index (χ0n) is 21.8. The fourth-order valence-electron chi connectivity index (χ4n) is 2.99. The van der Waals surface area contributed by atoms with Crippen LogP contribution < -0.4 is 0 Å². The highest BCUT2D eigenvalue weighted by Gasteiger charge is 2.05. The molecule has 206 valence electrons. The standard InChI is InChI=1S/C27H44O9/c1-2-3-4-5-9-12-26(28)35-23-21-33-19-17-31-15-13-30-14-16-32-18-20-34-22-24-36-27(29)25-10-7-6-8-11-25/h6-8,10-11H,2-5,9,12-24H2,1H3. The smallest absolute Gasteiger partial charge is 0.338 e. The van der Waals surface area contributed by atoms with Crippen molar-refractivity contribution in [2.24, 2.45) is 0 Å². The number of carbonyl (C=O) groups is 2. The lowest BCUT2D eigenvalue weighted by Crippen LogP contribution is -2.15. The van der Waals surface area contributed by atoms with Gasteiger partial charge in [-0.15, -0.1) is 0 Å². The van der Waals surface area contributed by atoms with Gasteiger partial charge in [0, 0.05) is 6.42 Å². The molecule has 36 heavy (non-hydrogen) atoms. The van der Waals surface area contributed by atoms with Crippen molar-refractivity contribution in [3.8, 4) is 0 Å². The van der Waals surface area contributed by atoms with E-state index in [0.717, 1.165) is 12.8 Å². The van der Waals surface area contributed by atoms with Gasteiger partial charge in [-0.05, 0) is 18.6 Å². The van der Waals surface area contributed by atoms with Crippen molar-refractivity contribution in [2.45, 2.75) is 45.4 Å². The quantitative estimate of drug-likeness (QED) is 0.143. The second kappa shape index (κ2) is 24.6. The van der Waals surface area contributed by atoms with Crippen LogP contribution in [0, 0.1) is 0 Å². The molecule has 0 atom stereocenters. The summed E-state index contributed by atoms with van der Waals surface area (Å²) in [4.78, 5) is 23.3. The molecule has 1 aromatic rings. The number of carbonyl (C=O) groups excluding carboxylic acids is 2. The zero-order valence-corrected chi connectivity index (χ0v) is 21.8. The van der Waals surface area contributed by atoms with Gasteiger partial charge in [0.2, 0.25) is 0 Å². The molecule has 0 radical (unpaired) electrons. The molecule has 9 heteroatoms. The fraction of sp³-hybridized carbons (Fsp3) is 0.704. The van der Waals surface area contributed by atoms with Crippen LogP contribution in [0.5, 0.6) is 0 Å². The monoisotopic (exact) mass is 512 g/mol. The van der Waals surface area contributed by atoms with E-state index >= 15 is 0 Å². The molecule has 0 heterocycles. The second-order valence-electron chi connectivity index (χ2n) is 7.95. The Bertz CT molecular complexity index is 639. The molecule has 0 aliphatic carbocycles. The van der Waals surface area contributed by atoms with Crippen molar-refractivity contribution in [1.29, 1.82) is 0 Å². The third kappa shape index (κ3) is 20.2. The lowest BCUT2D eigenvalue weighted by molar-refractivity contribution is -0.145. The van der Waals surface area contributed by atoms with Gasteiger partial charge in [0.15, 0.2) is 0 Å². The summed E-state index contributed by atoms with van der Waals surface area (Å²) in [5.74, 6) is -0.507. The summed E-state index contributed by atoms with van der Waals surface area (Å²) in [6, 6.07) is 8.84. The lowest BCUT2D eigenvalue weighted by atomic mass is 10.1. The SMILES string of the molecule is CCCCCCCC(=O)OCCOCCOCCOCCOCCOCCOC(=O)c1ccccc1. The minimum Gasteiger partial charge on any atom is -0.463 e. The zero-order chi connectivity index (χ0) is 25.9. The number of hydrogen-bond donors (Lipinski definition) is 0. The summed E-state index contributed by atoms with van der Waals surface area (Å²) in [5, 5.41) is 0. The predicted octanol–water partition coefficient (Wildman–Crippen LogP) is 3.83. The van der Waals surface area contributed by atoms with Crippen molar-refractivity contribution in [1.82, 2.24) is 0 Å².